The fraction of sp³-hybridized carbons (Fsp3) is 0.800. The molecular weight excluding hydrogens is 264 g/mol. The van der Waals surface area contributed by atoms with Crippen molar-refractivity contribution in [1.82, 2.24) is 0 Å². The summed E-state index contributed by atoms with van der Waals surface area (Å²) < 4.78 is 11.5. The van der Waals surface area contributed by atoms with Gasteiger partial charge in [0.25, 0.3) is 5.95 Å². The van der Waals surface area contributed by atoms with Crippen LogP contribution in [0.15, 0.2) is 11.5 Å². The van der Waals surface area contributed by atoms with Gasteiger partial charge in [-0.05, 0) is 25.2 Å². The smallest absolute Gasteiger partial charge is 0.278 e. The summed E-state index contributed by atoms with van der Waals surface area (Å²) >= 11 is 6.60. The van der Waals surface area contributed by atoms with Crippen molar-refractivity contribution in [3.8, 4) is 0 Å². The molecule has 3 fully saturated rings. The molecule has 0 amide bonds. The molecule has 0 aromatic heterocycles. The Morgan fingerprint density at radius 3 is 2.58 bits per heavy atom. The van der Waals surface area contributed by atoms with E-state index in [2.05, 4.69) is 13.8 Å². The largest absolute Gasteiger partial charge is 0.465 e. The predicted molar refractivity (Wildman–Crippen MR) is 72.9 cm³/mol. The summed E-state index contributed by atoms with van der Waals surface area (Å²) in [7, 11) is 0. The van der Waals surface area contributed by atoms with Crippen LogP contribution in [0.4, 0.5) is 0 Å². The number of ketones is 1. The van der Waals surface area contributed by atoms with Crippen LogP contribution in [0.2, 0.25) is 0 Å². The molecule has 3 nitrogen and oxygen atoms in total. The van der Waals surface area contributed by atoms with E-state index in [1.807, 2.05) is 0 Å². The molecule has 2 saturated carbocycles. The first-order valence-electron chi connectivity index (χ1n) is 7.11. The standard InChI is InChI=1S/C15H21ClO3/c1-14(2)8-18-13(19-9-14)10-6-11-4-3-5-12(17)15(11,16)7-10/h11H,3-9H2,1-2H3/t11-,15-/m0/s1. The summed E-state index contributed by atoms with van der Waals surface area (Å²) in [5.74, 6) is 1.11. The molecule has 3 rings (SSSR count). The molecule has 4 heteroatoms. The Kier molecular flexibility index (Phi) is 3.08. The number of carbonyl (C=O) groups is 1. The van der Waals surface area contributed by atoms with E-state index < -0.39 is 4.87 Å². The quantitative estimate of drug-likeness (QED) is 0.640. The van der Waals surface area contributed by atoms with Crippen LogP contribution in [0.3, 0.4) is 0 Å². The number of carbonyl (C=O) groups excluding carboxylic acids is 1. The number of halogens is 1. The molecule has 1 saturated heterocycles. The minimum Gasteiger partial charge on any atom is -0.465 e. The minimum absolute atomic E-state index is 0.0594. The molecule has 0 bridgehead atoms. The molecule has 0 unspecified atom stereocenters. The third kappa shape index (κ3) is 2.26. The summed E-state index contributed by atoms with van der Waals surface area (Å²) in [5, 5.41) is 0. The molecule has 19 heavy (non-hydrogen) atoms. The lowest BCUT2D eigenvalue weighted by molar-refractivity contribution is -0.124. The fourth-order valence-corrected chi connectivity index (χ4v) is 3.77. The van der Waals surface area contributed by atoms with Gasteiger partial charge in [0.1, 0.15) is 4.87 Å². The number of rotatable bonds is 0. The molecule has 0 aromatic carbocycles. The molecule has 1 heterocycles. The van der Waals surface area contributed by atoms with Gasteiger partial charge in [0.05, 0.1) is 13.2 Å². The molecule has 0 aromatic rings. The lowest BCUT2D eigenvalue weighted by Gasteiger charge is -2.32. The maximum atomic E-state index is 12.1. The number of ether oxygens (including phenoxy) is 2. The van der Waals surface area contributed by atoms with Crippen LogP contribution >= 0.6 is 11.6 Å². The highest BCUT2D eigenvalue weighted by Crippen LogP contribution is 2.51. The second kappa shape index (κ2) is 4.41. The van der Waals surface area contributed by atoms with Gasteiger partial charge in [0, 0.05) is 23.8 Å². The molecule has 2 aliphatic carbocycles. The van der Waals surface area contributed by atoms with Crippen LogP contribution in [0, 0.1) is 11.3 Å². The van der Waals surface area contributed by atoms with E-state index in [1.54, 1.807) is 0 Å². The highest BCUT2D eigenvalue weighted by atomic mass is 35.5. The van der Waals surface area contributed by atoms with Gasteiger partial charge in [-0.3, -0.25) is 4.79 Å². The first kappa shape index (κ1) is 13.3. The summed E-state index contributed by atoms with van der Waals surface area (Å²) in [6.45, 7) is 5.57. The van der Waals surface area contributed by atoms with Crippen LogP contribution in [0.5, 0.6) is 0 Å². The van der Waals surface area contributed by atoms with Crippen LogP contribution in [0.25, 0.3) is 0 Å². The predicted octanol–water partition coefficient (Wildman–Crippen LogP) is 3.41. The van der Waals surface area contributed by atoms with Gasteiger partial charge in [-0.1, -0.05) is 13.8 Å². The Morgan fingerprint density at radius 2 is 1.95 bits per heavy atom. The molecule has 0 spiro atoms. The SMILES string of the molecule is CC1(C)COC(=C2C[C@@H]3CCCC(=O)[C@]3(Cl)C2)OC1. The number of Topliss-reactive ketones (excluding diaryl/α,β-unsaturated/α-hetero) is 1. The van der Waals surface area contributed by atoms with Gasteiger partial charge in [-0.15, -0.1) is 11.6 Å². The van der Waals surface area contributed by atoms with E-state index in [0.29, 0.717) is 32.0 Å². The van der Waals surface area contributed by atoms with Gasteiger partial charge in [-0.2, -0.15) is 0 Å². The monoisotopic (exact) mass is 284 g/mol. The topological polar surface area (TPSA) is 35.5 Å². The second-order valence-corrected chi connectivity index (χ2v) is 7.56. The maximum absolute atomic E-state index is 12.1. The van der Waals surface area contributed by atoms with E-state index >= 15 is 0 Å². The van der Waals surface area contributed by atoms with Crippen molar-refractivity contribution in [3.05, 3.63) is 11.5 Å². The number of hydrogen-bond donors (Lipinski definition) is 0. The zero-order valence-electron chi connectivity index (χ0n) is 11.6. The first-order valence-corrected chi connectivity index (χ1v) is 7.48. The van der Waals surface area contributed by atoms with E-state index in [4.69, 9.17) is 21.1 Å². The summed E-state index contributed by atoms with van der Waals surface area (Å²) in [4.78, 5) is 11.4. The highest BCUT2D eigenvalue weighted by Gasteiger charge is 2.52. The minimum atomic E-state index is -0.680. The summed E-state index contributed by atoms with van der Waals surface area (Å²) in [5.41, 5.74) is 1.16. The van der Waals surface area contributed by atoms with Crippen molar-refractivity contribution in [2.24, 2.45) is 11.3 Å². The third-order valence-corrected chi connectivity index (χ3v) is 5.16. The molecule has 2 atom stereocenters. The number of fused-ring (bicyclic) bond motifs is 1. The van der Waals surface area contributed by atoms with Crippen molar-refractivity contribution < 1.29 is 14.3 Å². The Morgan fingerprint density at radius 1 is 1.26 bits per heavy atom. The number of alkyl halides is 1. The van der Waals surface area contributed by atoms with E-state index in [9.17, 15) is 4.79 Å². The van der Waals surface area contributed by atoms with E-state index in [-0.39, 0.29) is 17.1 Å². The van der Waals surface area contributed by atoms with Crippen molar-refractivity contribution in [2.45, 2.75) is 50.8 Å². The Labute approximate surface area is 119 Å². The van der Waals surface area contributed by atoms with Gasteiger partial charge in [-0.25, -0.2) is 0 Å². The van der Waals surface area contributed by atoms with E-state index in [1.165, 1.54) is 0 Å². The van der Waals surface area contributed by atoms with Gasteiger partial charge in [0.15, 0.2) is 5.78 Å². The number of hydrogen-bond acceptors (Lipinski definition) is 3. The summed E-state index contributed by atoms with van der Waals surface area (Å²) in [6.07, 6.45) is 4.09. The average molecular weight is 285 g/mol. The number of allylic oxidation sites excluding steroid dienone is 1. The van der Waals surface area contributed by atoms with Crippen molar-refractivity contribution >= 4 is 17.4 Å². The van der Waals surface area contributed by atoms with Crippen LogP contribution in [-0.2, 0) is 14.3 Å². The Hall–Kier alpha value is -0.700. The van der Waals surface area contributed by atoms with Crippen LogP contribution in [-0.4, -0.2) is 23.9 Å². The summed E-state index contributed by atoms with van der Waals surface area (Å²) in [6, 6.07) is 0. The lowest BCUT2D eigenvalue weighted by atomic mass is 9.80. The molecule has 3 aliphatic rings. The first-order chi connectivity index (χ1) is 8.91. The van der Waals surface area contributed by atoms with Gasteiger partial charge >= 0.3 is 0 Å². The van der Waals surface area contributed by atoms with Crippen molar-refractivity contribution in [3.63, 3.8) is 0 Å². The third-order valence-electron chi connectivity index (χ3n) is 4.51. The second-order valence-electron chi connectivity index (χ2n) is 6.89. The Balaban J connectivity index is 1.80. The highest BCUT2D eigenvalue weighted by molar-refractivity contribution is 6.36. The van der Waals surface area contributed by atoms with Crippen molar-refractivity contribution in [1.29, 1.82) is 0 Å². The van der Waals surface area contributed by atoms with Crippen molar-refractivity contribution in [2.75, 3.05) is 13.2 Å². The van der Waals surface area contributed by atoms with Gasteiger partial charge in [0.2, 0.25) is 0 Å². The molecular formula is C15H21ClO3. The zero-order chi connectivity index (χ0) is 13.7. The maximum Gasteiger partial charge on any atom is 0.278 e. The molecule has 0 N–H and O–H groups in total. The van der Waals surface area contributed by atoms with Crippen LogP contribution in [0.1, 0.15) is 46.0 Å². The van der Waals surface area contributed by atoms with Crippen LogP contribution < -0.4 is 0 Å². The molecule has 0 radical (unpaired) electrons. The average Bonchev–Trinajstić information content (AvgIpc) is 2.69. The lowest BCUT2D eigenvalue weighted by Crippen LogP contribution is -2.39. The zero-order valence-corrected chi connectivity index (χ0v) is 12.4. The fourth-order valence-electron chi connectivity index (χ4n) is 3.32. The molecule has 106 valence electrons. The van der Waals surface area contributed by atoms with E-state index in [0.717, 1.165) is 24.8 Å². The van der Waals surface area contributed by atoms with Gasteiger partial charge < -0.3 is 9.47 Å². The Bertz CT molecular complexity index is 429. The normalized spacial score (nSPS) is 37.6. The molecule has 1 aliphatic heterocycles.